The van der Waals surface area contributed by atoms with Crippen LogP contribution in [0.15, 0.2) is 60.7 Å². The number of benzene rings is 2. The zero-order chi connectivity index (χ0) is 18.8. The van der Waals surface area contributed by atoms with E-state index in [9.17, 15) is 4.79 Å². The van der Waals surface area contributed by atoms with Crippen LogP contribution in [0, 0.1) is 13.8 Å². The second-order valence-corrected chi connectivity index (χ2v) is 6.91. The molecule has 1 saturated heterocycles. The Labute approximate surface area is 159 Å². The van der Waals surface area contributed by atoms with Gasteiger partial charge in [-0.05, 0) is 43.7 Å². The minimum absolute atomic E-state index is 0.0302. The van der Waals surface area contributed by atoms with E-state index in [0.717, 1.165) is 22.6 Å². The highest BCUT2D eigenvalue weighted by atomic mass is 16.5. The monoisotopic (exact) mass is 361 g/mol. The van der Waals surface area contributed by atoms with Gasteiger partial charge in [0.05, 0.1) is 24.5 Å². The minimum Gasteiger partial charge on any atom is -0.370 e. The summed E-state index contributed by atoms with van der Waals surface area (Å²) in [6, 6.07) is 19.8. The number of aromatic nitrogens is 2. The molecule has 1 aliphatic heterocycles. The van der Waals surface area contributed by atoms with Crippen LogP contribution in [-0.4, -0.2) is 40.3 Å². The molecule has 0 radical (unpaired) electrons. The molecule has 1 amide bonds. The molecule has 1 aliphatic rings. The van der Waals surface area contributed by atoms with E-state index in [1.165, 1.54) is 0 Å². The molecule has 0 unspecified atom stereocenters. The van der Waals surface area contributed by atoms with Crippen molar-refractivity contribution in [3.8, 4) is 5.69 Å². The Morgan fingerprint density at radius 3 is 2.63 bits per heavy atom. The van der Waals surface area contributed by atoms with Crippen LogP contribution in [0.2, 0.25) is 0 Å². The van der Waals surface area contributed by atoms with Crippen molar-refractivity contribution in [1.82, 2.24) is 14.7 Å². The quantitative estimate of drug-likeness (QED) is 0.715. The van der Waals surface area contributed by atoms with Crippen molar-refractivity contribution in [1.29, 1.82) is 0 Å². The van der Waals surface area contributed by atoms with Gasteiger partial charge in [-0.15, -0.1) is 0 Å². The molecule has 0 saturated carbocycles. The lowest BCUT2D eigenvalue weighted by Crippen LogP contribution is -2.42. The summed E-state index contributed by atoms with van der Waals surface area (Å²) >= 11 is 0. The second kappa shape index (κ2) is 7.37. The summed E-state index contributed by atoms with van der Waals surface area (Å²) in [5.41, 5.74) is 4.69. The number of hydrogen-bond donors (Lipinski definition) is 0. The van der Waals surface area contributed by atoms with Crippen molar-refractivity contribution in [3.05, 3.63) is 83.2 Å². The molecular weight excluding hydrogens is 338 g/mol. The Hall–Kier alpha value is -2.92. The average Bonchev–Trinajstić information content (AvgIpc) is 3.06. The Kier molecular flexibility index (Phi) is 4.77. The summed E-state index contributed by atoms with van der Waals surface area (Å²) in [4.78, 5) is 15.0. The Bertz CT molecular complexity index is 949. The smallest absolute Gasteiger partial charge is 0.254 e. The first-order valence-corrected chi connectivity index (χ1v) is 9.21. The van der Waals surface area contributed by atoms with Gasteiger partial charge in [-0.2, -0.15) is 5.10 Å². The first-order valence-electron chi connectivity index (χ1n) is 9.21. The van der Waals surface area contributed by atoms with Crippen molar-refractivity contribution in [2.24, 2.45) is 0 Å². The number of carbonyl (C=O) groups excluding carboxylic acids is 1. The molecule has 138 valence electrons. The molecule has 0 spiro atoms. The molecule has 1 fully saturated rings. The fourth-order valence-corrected chi connectivity index (χ4v) is 3.55. The lowest BCUT2D eigenvalue weighted by atomic mass is 10.1. The number of ether oxygens (including phenoxy) is 1. The number of rotatable bonds is 3. The molecule has 1 aromatic heterocycles. The third-order valence-electron chi connectivity index (χ3n) is 4.87. The molecule has 4 rings (SSSR count). The predicted octanol–water partition coefficient (Wildman–Crippen LogP) is 3.70. The van der Waals surface area contributed by atoms with Crippen molar-refractivity contribution in [2.45, 2.75) is 20.0 Å². The normalized spacial score (nSPS) is 17.1. The van der Waals surface area contributed by atoms with E-state index in [0.29, 0.717) is 25.3 Å². The third-order valence-corrected chi connectivity index (χ3v) is 4.87. The fraction of sp³-hybridized carbons (Fsp3) is 0.273. The number of carbonyl (C=O) groups is 1. The van der Waals surface area contributed by atoms with Crippen LogP contribution in [0.25, 0.3) is 5.69 Å². The van der Waals surface area contributed by atoms with Gasteiger partial charge in [0.1, 0.15) is 6.10 Å². The fourth-order valence-electron chi connectivity index (χ4n) is 3.55. The van der Waals surface area contributed by atoms with E-state index >= 15 is 0 Å². The van der Waals surface area contributed by atoms with Crippen LogP contribution >= 0.6 is 0 Å². The van der Waals surface area contributed by atoms with Crippen LogP contribution < -0.4 is 0 Å². The van der Waals surface area contributed by atoms with Crippen molar-refractivity contribution in [3.63, 3.8) is 0 Å². The number of nitrogens with zero attached hydrogens (tertiary/aromatic N) is 3. The van der Waals surface area contributed by atoms with Crippen LogP contribution in [0.4, 0.5) is 0 Å². The Balaban J connectivity index is 1.56. The summed E-state index contributed by atoms with van der Waals surface area (Å²) in [5.74, 6) is 0.0302. The zero-order valence-electron chi connectivity index (χ0n) is 15.6. The van der Waals surface area contributed by atoms with E-state index in [2.05, 4.69) is 5.10 Å². The maximum Gasteiger partial charge on any atom is 0.254 e. The van der Waals surface area contributed by atoms with E-state index in [4.69, 9.17) is 4.74 Å². The van der Waals surface area contributed by atoms with Gasteiger partial charge in [0.2, 0.25) is 0 Å². The third kappa shape index (κ3) is 3.64. The molecule has 3 aromatic rings. The number of morpholine rings is 1. The summed E-state index contributed by atoms with van der Waals surface area (Å²) in [6.07, 6.45) is -0.0805. The molecule has 1 atom stereocenters. The SMILES string of the molecule is Cc1cc(C)n(-c2cccc(C(=O)N3CCO[C@H](c4ccccc4)C3)c2)n1. The molecule has 2 aromatic carbocycles. The zero-order valence-corrected chi connectivity index (χ0v) is 15.6. The van der Waals surface area contributed by atoms with E-state index in [1.807, 2.05) is 84.1 Å². The topological polar surface area (TPSA) is 47.4 Å². The van der Waals surface area contributed by atoms with Crippen molar-refractivity contribution < 1.29 is 9.53 Å². The van der Waals surface area contributed by atoms with Gasteiger partial charge in [-0.1, -0.05) is 36.4 Å². The molecule has 2 heterocycles. The van der Waals surface area contributed by atoms with E-state index in [1.54, 1.807) is 0 Å². The molecule has 5 nitrogen and oxygen atoms in total. The van der Waals surface area contributed by atoms with E-state index < -0.39 is 0 Å². The van der Waals surface area contributed by atoms with E-state index in [-0.39, 0.29) is 12.0 Å². The van der Waals surface area contributed by atoms with Gasteiger partial charge in [0.15, 0.2) is 0 Å². The number of aryl methyl sites for hydroxylation is 2. The summed E-state index contributed by atoms with van der Waals surface area (Å²) in [7, 11) is 0. The highest BCUT2D eigenvalue weighted by molar-refractivity contribution is 5.94. The summed E-state index contributed by atoms with van der Waals surface area (Å²) in [5, 5.41) is 4.52. The van der Waals surface area contributed by atoms with Crippen LogP contribution in [0.1, 0.15) is 33.4 Å². The first kappa shape index (κ1) is 17.5. The first-order chi connectivity index (χ1) is 13.1. The minimum atomic E-state index is -0.0805. The molecule has 5 heteroatoms. The summed E-state index contributed by atoms with van der Waals surface area (Å²) in [6.45, 7) is 5.69. The molecule has 27 heavy (non-hydrogen) atoms. The van der Waals surface area contributed by atoms with Gasteiger partial charge in [-0.25, -0.2) is 4.68 Å². The maximum absolute atomic E-state index is 13.1. The van der Waals surface area contributed by atoms with Crippen LogP contribution in [-0.2, 0) is 4.74 Å². The van der Waals surface area contributed by atoms with Crippen molar-refractivity contribution in [2.75, 3.05) is 19.7 Å². The summed E-state index contributed by atoms with van der Waals surface area (Å²) < 4.78 is 7.76. The predicted molar refractivity (Wildman–Crippen MR) is 104 cm³/mol. The number of amides is 1. The van der Waals surface area contributed by atoms with Gasteiger partial charge in [0.25, 0.3) is 5.91 Å². The van der Waals surface area contributed by atoms with Gasteiger partial charge in [-0.3, -0.25) is 4.79 Å². The number of hydrogen-bond acceptors (Lipinski definition) is 3. The molecule has 0 bridgehead atoms. The van der Waals surface area contributed by atoms with Gasteiger partial charge in [0, 0.05) is 17.8 Å². The van der Waals surface area contributed by atoms with Crippen LogP contribution in [0.3, 0.4) is 0 Å². The highest BCUT2D eigenvalue weighted by Gasteiger charge is 2.26. The molecule has 0 N–H and O–H groups in total. The lowest BCUT2D eigenvalue weighted by molar-refractivity contribution is -0.0228. The standard InChI is InChI=1S/C22H23N3O2/c1-16-13-17(2)25(23-16)20-10-6-9-19(14-20)22(26)24-11-12-27-21(15-24)18-7-4-3-5-8-18/h3-10,13-14,21H,11-12,15H2,1-2H3/t21-/m0/s1. The molecule has 0 aliphatic carbocycles. The van der Waals surface area contributed by atoms with Gasteiger partial charge >= 0.3 is 0 Å². The second-order valence-electron chi connectivity index (χ2n) is 6.91. The maximum atomic E-state index is 13.1. The highest BCUT2D eigenvalue weighted by Crippen LogP contribution is 2.23. The molecular formula is C22H23N3O2. The van der Waals surface area contributed by atoms with Crippen molar-refractivity contribution >= 4 is 5.91 Å². The van der Waals surface area contributed by atoms with Gasteiger partial charge < -0.3 is 9.64 Å². The average molecular weight is 361 g/mol. The Morgan fingerprint density at radius 1 is 1.07 bits per heavy atom. The Morgan fingerprint density at radius 2 is 1.89 bits per heavy atom. The lowest BCUT2D eigenvalue weighted by Gasteiger charge is -2.33. The van der Waals surface area contributed by atoms with Crippen LogP contribution in [0.5, 0.6) is 0 Å². The largest absolute Gasteiger partial charge is 0.370 e.